The van der Waals surface area contributed by atoms with Crippen LogP contribution >= 0.6 is 0 Å². The molecule has 29 heavy (non-hydrogen) atoms. The van der Waals surface area contributed by atoms with Crippen LogP contribution in [-0.2, 0) is 12.0 Å². The summed E-state index contributed by atoms with van der Waals surface area (Å²) in [4.78, 5) is 16.5. The molecule has 0 aliphatic heterocycles. The van der Waals surface area contributed by atoms with Crippen molar-refractivity contribution in [3.63, 3.8) is 0 Å². The van der Waals surface area contributed by atoms with Crippen molar-refractivity contribution in [1.82, 2.24) is 16.0 Å². The number of hydrogen-bond acceptors (Lipinski definition) is 2. The summed E-state index contributed by atoms with van der Waals surface area (Å²) in [5.74, 6) is 0.397. The SMILES string of the molecule is CCNC(=O)c1ccc(CN=C(NCC)NCC(C)(C)c2cccc(F)c2)cc1. The van der Waals surface area contributed by atoms with Gasteiger partial charge in [0.15, 0.2) is 5.96 Å². The first-order valence-electron chi connectivity index (χ1n) is 10.0. The van der Waals surface area contributed by atoms with Crippen LogP contribution in [0.2, 0.25) is 0 Å². The Hall–Kier alpha value is -2.89. The number of nitrogens with one attached hydrogen (secondary N) is 3. The van der Waals surface area contributed by atoms with Gasteiger partial charge in [-0.3, -0.25) is 4.79 Å². The molecule has 2 aromatic carbocycles. The molecule has 1 amide bonds. The predicted molar refractivity (Wildman–Crippen MR) is 117 cm³/mol. The van der Waals surface area contributed by atoms with Gasteiger partial charge < -0.3 is 16.0 Å². The molecular formula is C23H31FN4O. The number of amides is 1. The lowest BCUT2D eigenvalue weighted by atomic mass is 9.84. The largest absolute Gasteiger partial charge is 0.357 e. The number of nitrogens with zero attached hydrogens (tertiary/aromatic N) is 1. The van der Waals surface area contributed by atoms with Crippen molar-refractivity contribution in [2.45, 2.75) is 39.7 Å². The van der Waals surface area contributed by atoms with Crippen molar-refractivity contribution in [1.29, 1.82) is 0 Å². The first-order chi connectivity index (χ1) is 13.9. The van der Waals surface area contributed by atoms with Gasteiger partial charge in [0.25, 0.3) is 5.91 Å². The highest BCUT2D eigenvalue weighted by atomic mass is 19.1. The Labute approximate surface area is 172 Å². The lowest BCUT2D eigenvalue weighted by Crippen LogP contribution is -2.43. The minimum atomic E-state index is -0.257. The zero-order valence-electron chi connectivity index (χ0n) is 17.7. The van der Waals surface area contributed by atoms with E-state index in [4.69, 9.17) is 0 Å². The molecule has 0 atom stereocenters. The first-order valence-corrected chi connectivity index (χ1v) is 10.0. The summed E-state index contributed by atoms with van der Waals surface area (Å²) in [6.45, 7) is 10.5. The molecule has 5 nitrogen and oxygen atoms in total. The molecule has 3 N–H and O–H groups in total. The summed E-state index contributed by atoms with van der Waals surface area (Å²) >= 11 is 0. The molecule has 0 aromatic heterocycles. The number of aliphatic imine (C=N–C) groups is 1. The van der Waals surface area contributed by atoms with Crippen molar-refractivity contribution >= 4 is 11.9 Å². The summed E-state index contributed by atoms with van der Waals surface area (Å²) in [7, 11) is 0. The molecule has 0 bridgehead atoms. The number of carbonyl (C=O) groups is 1. The molecule has 0 aliphatic carbocycles. The van der Waals surface area contributed by atoms with Crippen LogP contribution in [0, 0.1) is 5.82 Å². The summed E-state index contributed by atoms with van der Waals surface area (Å²) in [5.41, 5.74) is 2.33. The number of rotatable bonds is 8. The molecule has 0 spiro atoms. The number of benzene rings is 2. The smallest absolute Gasteiger partial charge is 0.251 e. The number of hydrogen-bond donors (Lipinski definition) is 3. The topological polar surface area (TPSA) is 65.5 Å². The third kappa shape index (κ3) is 6.89. The van der Waals surface area contributed by atoms with Crippen LogP contribution in [-0.4, -0.2) is 31.5 Å². The van der Waals surface area contributed by atoms with Crippen LogP contribution in [0.1, 0.15) is 49.2 Å². The van der Waals surface area contributed by atoms with E-state index in [1.165, 1.54) is 6.07 Å². The van der Waals surface area contributed by atoms with Gasteiger partial charge in [-0.05, 0) is 49.2 Å². The van der Waals surface area contributed by atoms with E-state index >= 15 is 0 Å². The first kappa shape index (κ1) is 22.4. The minimum absolute atomic E-state index is 0.0721. The maximum absolute atomic E-state index is 13.6. The second kappa shape index (κ2) is 10.6. The van der Waals surface area contributed by atoms with E-state index in [0.717, 1.165) is 17.7 Å². The van der Waals surface area contributed by atoms with Gasteiger partial charge >= 0.3 is 0 Å². The van der Waals surface area contributed by atoms with Gasteiger partial charge in [-0.15, -0.1) is 0 Å². The van der Waals surface area contributed by atoms with E-state index in [-0.39, 0.29) is 17.1 Å². The molecule has 0 saturated heterocycles. The highest BCUT2D eigenvalue weighted by molar-refractivity contribution is 5.94. The van der Waals surface area contributed by atoms with Crippen LogP contribution < -0.4 is 16.0 Å². The number of guanidine groups is 1. The van der Waals surface area contributed by atoms with Crippen LogP contribution in [0.4, 0.5) is 4.39 Å². The second-order valence-corrected chi connectivity index (χ2v) is 7.50. The molecular weight excluding hydrogens is 367 g/mol. The van der Waals surface area contributed by atoms with Crippen LogP contribution in [0.25, 0.3) is 0 Å². The lowest BCUT2D eigenvalue weighted by molar-refractivity contribution is 0.0956. The van der Waals surface area contributed by atoms with Gasteiger partial charge in [-0.1, -0.05) is 38.1 Å². The summed E-state index contributed by atoms with van der Waals surface area (Å²) < 4.78 is 13.6. The maximum Gasteiger partial charge on any atom is 0.251 e. The summed E-state index contributed by atoms with van der Waals surface area (Å²) in [6, 6.07) is 14.1. The number of halogens is 1. The Bertz CT molecular complexity index is 831. The van der Waals surface area contributed by atoms with Crippen molar-refractivity contribution in [3.05, 3.63) is 71.0 Å². The Morgan fingerprint density at radius 3 is 2.31 bits per heavy atom. The minimum Gasteiger partial charge on any atom is -0.357 e. The average Bonchev–Trinajstić information content (AvgIpc) is 2.70. The predicted octanol–water partition coefficient (Wildman–Crippen LogP) is 3.61. The van der Waals surface area contributed by atoms with E-state index in [2.05, 4.69) is 34.8 Å². The summed E-state index contributed by atoms with van der Waals surface area (Å²) in [5, 5.41) is 9.37. The van der Waals surface area contributed by atoms with Crippen molar-refractivity contribution in [3.8, 4) is 0 Å². The molecule has 6 heteroatoms. The van der Waals surface area contributed by atoms with E-state index in [9.17, 15) is 9.18 Å². The fraction of sp³-hybridized carbons (Fsp3) is 0.391. The molecule has 0 fully saturated rings. The quantitative estimate of drug-likeness (QED) is 0.470. The Morgan fingerprint density at radius 2 is 1.69 bits per heavy atom. The molecule has 0 aliphatic rings. The third-order valence-corrected chi connectivity index (χ3v) is 4.62. The van der Waals surface area contributed by atoms with Gasteiger partial charge in [-0.2, -0.15) is 0 Å². The standard InChI is InChI=1S/C23H31FN4O/c1-5-25-21(29)18-12-10-17(11-13-18)15-27-22(26-6-2)28-16-23(3,4)19-8-7-9-20(24)14-19/h7-14H,5-6,15-16H2,1-4H3,(H,25,29)(H2,26,27,28). The van der Waals surface area contributed by atoms with Crippen LogP contribution in [0.5, 0.6) is 0 Å². The maximum atomic E-state index is 13.6. The Kier molecular flexibility index (Phi) is 8.19. The highest BCUT2D eigenvalue weighted by Crippen LogP contribution is 2.22. The van der Waals surface area contributed by atoms with Crippen molar-refractivity contribution < 1.29 is 9.18 Å². The lowest BCUT2D eigenvalue weighted by Gasteiger charge is -2.27. The Balaban J connectivity index is 2.01. The van der Waals surface area contributed by atoms with Crippen molar-refractivity contribution in [2.75, 3.05) is 19.6 Å². The molecule has 0 radical (unpaired) electrons. The van der Waals surface area contributed by atoms with E-state index < -0.39 is 0 Å². The van der Waals surface area contributed by atoms with Gasteiger partial charge in [0.1, 0.15) is 5.82 Å². The van der Waals surface area contributed by atoms with Crippen LogP contribution in [0.3, 0.4) is 0 Å². The normalized spacial score (nSPS) is 11.8. The molecule has 0 heterocycles. The molecule has 0 unspecified atom stereocenters. The van der Waals surface area contributed by atoms with Gasteiger partial charge in [0.2, 0.25) is 0 Å². The van der Waals surface area contributed by atoms with E-state index in [1.54, 1.807) is 12.1 Å². The summed E-state index contributed by atoms with van der Waals surface area (Å²) in [6.07, 6.45) is 0. The zero-order chi connectivity index (χ0) is 21.3. The highest BCUT2D eigenvalue weighted by Gasteiger charge is 2.21. The van der Waals surface area contributed by atoms with E-state index in [0.29, 0.717) is 31.2 Å². The van der Waals surface area contributed by atoms with Crippen LogP contribution in [0.15, 0.2) is 53.5 Å². The van der Waals surface area contributed by atoms with Gasteiger partial charge in [0, 0.05) is 30.6 Å². The fourth-order valence-electron chi connectivity index (χ4n) is 2.85. The van der Waals surface area contributed by atoms with Gasteiger partial charge in [0.05, 0.1) is 6.54 Å². The molecule has 156 valence electrons. The molecule has 2 aromatic rings. The Morgan fingerprint density at radius 1 is 1.00 bits per heavy atom. The third-order valence-electron chi connectivity index (χ3n) is 4.62. The zero-order valence-corrected chi connectivity index (χ0v) is 17.7. The average molecular weight is 399 g/mol. The fourth-order valence-corrected chi connectivity index (χ4v) is 2.85. The van der Waals surface area contributed by atoms with Gasteiger partial charge in [-0.25, -0.2) is 9.38 Å². The molecule has 2 rings (SSSR count). The van der Waals surface area contributed by atoms with Crippen molar-refractivity contribution in [2.24, 2.45) is 4.99 Å². The second-order valence-electron chi connectivity index (χ2n) is 7.50. The number of carbonyl (C=O) groups excluding carboxylic acids is 1. The monoisotopic (exact) mass is 398 g/mol. The van der Waals surface area contributed by atoms with E-state index in [1.807, 2.05) is 44.2 Å². The molecule has 0 saturated carbocycles.